The van der Waals surface area contributed by atoms with Gasteiger partial charge in [-0.25, -0.2) is 0 Å². The molecule has 0 aliphatic carbocycles. The van der Waals surface area contributed by atoms with Gasteiger partial charge in [-0.15, -0.1) is 0 Å². The summed E-state index contributed by atoms with van der Waals surface area (Å²) in [4.78, 5) is 9.58. The lowest BCUT2D eigenvalue weighted by Crippen LogP contribution is -2.37. The highest BCUT2D eigenvalue weighted by atomic mass is 28.3. The van der Waals surface area contributed by atoms with Crippen LogP contribution in [0.3, 0.4) is 0 Å². The predicted molar refractivity (Wildman–Crippen MR) is 352 cm³/mol. The van der Waals surface area contributed by atoms with E-state index in [1.54, 1.807) is 0 Å². The van der Waals surface area contributed by atoms with Gasteiger partial charge in [0.1, 0.15) is 0 Å². The number of para-hydroxylation sites is 4. The number of rotatable bonds is 14. The number of hydrogen-bond acceptors (Lipinski definition) is 4. The Bertz CT molecular complexity index is 3890. The Labute approximate surface area is 473 Å². The molecule has 0 spiro atoms. The molecule has 0 saturated heterocycles. The fourth-order valence-corrected chi connectivity index (χ4v) is 14.2. The fourth-order valence-electron chi connectivity index (χ4n) is 11.9. The molecule has 4 nitrogen and oxygen atoms in total. The average molecular weight is 1070 g/mol. The van der Waals surface area contributed by atoms with Crippen LogP contribution in [0.5, 0.6) is 0 Å². The van der Waals surface area contributed by atoms with E-state index in [0.29, 0.717) is 0 Å². The van der Waals surface area contributed by atoms with Gasteiger partial charge in [-0.05, 0) is 166 Å². The van der Waals surface area contributed by atoms with Gasteiger partial charge in [-0.2, -0.15) is 0 Å². The Morgan fingerprint density at radius 2 is 0.412 bits per heavy atom. The number of anilines is 12. The summed E-state index contributed by atoms with van der Waals surface area (Å²) in [5, 5.41) is 12.8. The molecule has 80 heavy (non-hydrogen) atoms. The summed E-state index contributed by atoms with van der Waals surface area (Å²) in [6.07, 6.45) is 0. The molecule has 0 radical (unpaired) electrons. The van der Waals surface area contributed by atoms with E-state index in [1.807, 2.05) is 0 Å². The summed E-state index contributed by atoms with van der Waals surface area (Å²) in [5.74, 6) is 0. The van der Waals surface area contributed by atoms with Crippen LogP contribution < -0.4 is 30.0 Å². The minimum Gasteiger partial charge on any atom is -0.311 e. The lowest BCUT2D eigenvalue weighted by molar-refractivity contribution is 1.26. The monoisotopic (exact) mass is 1060 g/mol. The molecule has 388 valence electrons. The highest BCUT2D eigenvalue weighted by Crippen LogP contribution is 2.50. The molecular formula is C74H64N4Si2. The first kappa shape index (κ1) is 50.3. The minimum atomic E-state index is -1.56. The zero-order chi connectivity index (χ0) is 54.5. The molecule has 0 aliphatic heterocycles. The second kappa shape index (κ2) is 20.5. The third-order valence-corrected chi connectivity index (χ3v) is 20.0. The molecule has 0 atom stereocenters. The van der Waals surface area contributed by atoms with E-state index in [4.69, 9.17) is 0 Å². The third kappa shape index (κ3) is 9.26. The summed E-state index contributed by atoms with van der Waals surface area (Å²) >= 11 is 0. The molecule has 0 amide bonds. The standard InChI is InChI=1S/C74H64N4Si2/c1-79(2,3)63-45-41-61(42-46-63)77(59-37-33-57(34-38-59)75(53-21-11-7-12-22-53)54-23-13-8-14-24-54)71-51-49-67-66-30-20-32-70-72(52-50-68(74(66)70)65-29-19-31-69(71)73(65)67)78(62-43-47-64(48-44-62)80(4,5)6)60-39-35-58(36-40-60)76(55-25-15-9-16-26-55)56-27-17-10-18-28-56/h7-52H,1-6H3. The van der Waals surface area contributed by atoms with Gasteiger partial charge in [0.25, 0.3) is 0 Å². The van der Waals surface area contributed by atoms with Crippen molar-refractivity contribution < 1.29 is 0 Å². The summed E-state index contributed by atoms with van der Waals surface area (Å²) in [7, 11) is -3.13. The predicted octanol–water partition coefficient (Wildman–Crippen LogP) is 20.7. The molecule has 6 heteroatoms. The van der Waals surface area contributed by atoms with Crippen LogP contribution >= 0.6 is 0 Å². The van der Waals surface area contributed by atoms with Gasteiger partial charge in [0.05, 0.1) is 27.5 Å². The molecule has 0 aromatic heterocycles. The van der Waals surface area contributed by atoms with Crippen molar-refractivity contribution in [2.24, 2.45) is 0 Å². The first-order chi connectivity index (χ1) is 39.0. The molecule has 0 fully saturated rings. The Balaban J connectivity index is 0.964. The van der Waals surface area contributed by atoms with Gasteiger partial charge in [0.15, 0.2) is 0 Å². The van der Waals surface area contributed by atoms with Crippen molar-refractivity contribution in [3.8, 4) is 0 Å². The molecule has 13 rings (SSSR count). The van der Waals surface area contributed by atoms with Crippen molar-refractivity contribution in [1.82, 2.24) is 0 Å². The van der Waals surface area contributed by atoms with E-state index >= 15 is 0 Å². The van der Waals surface area contributed by atoms with Crippen LogP contribution in [0, 0.1) is 0 Å². The maximum absolute atomic E-state index is 2.46. The molecule has 0 bridgehead atoms. The Kier molecular flexibility index (Phi) is 12.9. The zero-order valence-corrected chi connectivity index (χ0v) is 48.3. The van der Waals surface area contributed by atoms with Gasteiger partial charge in [-0.1, -0.05) is 195 Å². The van der Waals surface area contributed by atoms with Gasteiger partial charge in [-0.3, -0.25) is 0 Å². The molecule has 13 aromatic rings. The van der Waals surface area contributed by atoms with Crippen molar-refractivity contribution in [3.63, 3.8) is 0 Å². The Hall–Kier alpha value is -9.21. The van der Waals surface area contributed by atoms with Crippen LogP contribution in [-0.2, 0) is 0 Å². The van der Waals surface area contributed by atoms with Crippen LogP contribution in [-0.4, -0.2) is 16.1 Å². The quantitative estimate of drug-likeness (QED) is 0.0611. The van der Waals surface area contributed by atoms with Crippen LogP contribution in [0.4, 0.5) is 68.2 Å². The summed E-state index contributed by atoms with van der Waals surface area (Å²) < 4.78 is 0. The molecule has 0 N–H and O–H groups in total. The molecular weight excluding hydrogens is 1000 g/mol. The lowest BCUT2D eigenvalue weighted by atomic mass is 9.88. The average Bonchev–Trinajstić information content (AvgIpc) is 3.62. The van der Waals surface area contributed by atoms with E-state index in [9.17, 15) is 0 Å². The van der Waals surface area contributed by atoms with E-state index in [2.05, 4.69) is 338 Å². The minimum absolute atomic E-state index is 1.10. The van der Waals surface area contributed by atoms with Crippen LogP contribution in [0.25, 0.3) is 43.1 Å². The Morgan fingerprint density at radius 3 is 0.688 bits per heavy atom. The van der Waals surface area contributed by atoms with Gasteiger partial charge in [0.2, 0.25) is 0 Å². The molecule has 13 aromatic carbocycles. The summed E-state index contributed by atoms with van der Waals surface area (Å²) in [6.45, 7) is 14.5. The number of benzene rings is 13. The van der Waals surface area contributed by atoms with E-state index in [0.717, 1.165) is 68.2 Å². The third-order valence-electron chi connectivity index (χ3n) is 15.9. The molecule has 0 unspecified atom stereocenters. The molecule has 0 heterocycles. The van der Waals surface area contributed by atoms with Gasteiger partial charge in [0, 0.05) is 67.6 Å². The second-order valence-corrected chi connectivity index (χ2v) is 33.2. The first-order valence-corrected chi connectivity index (χ1v) is 34.9. The summed E-state index contributed by atoms with van der Waals surface area (Å²) in [6, 6.07) is 103. The highest BCUT2D eigenvalue weighted by molar-refractivity contribution is 6.89. The van der Waals surface area contributed by atoms with E-state index < -0.39 is 16.1 Å². The second-order valence-electron chi connectivity index (χ2n) is 23.0. The molecule has 0 saturated carbocycles. The van der Waals surface area contributed by atoms with Crippen molar-refractivity contribution in [1.29, 1.82) is 0 Å². The van der Waals surface area contributed by atoms with E-state index in [1.165, 1.54) is 53.5 Å². The normalized spacial score (nSPS) is 11.9. The van der Waals surface area contributed by atoms with Crippen LogP contribution in [0.15, 0.2) is 279 Å². The maximum Gasteiger partial charge on any atom is 0.0775 e. The Morgan fingerprint density at radius 1 is 0.188 bits per heavy atom. The SMILES string of the molecule is C[Si](C)(C)c1ccc(N(c2ccc(N(c3ccccc3)c3ccccc3)cc2)c2ccc3c4cccc5c(N(c6ccc(N(c7ccccc7)c7ccccc7)cc6)c6ccc([Si](C)(C)C)cc6)ccc(c6cccc2c63)c54)cc1. The molecule has 0 aliphatic rings. The van der Waals surface area contributed by atoms with Crippen molar-refractivity contribution in [2.75, 3.05) is 19.6 Å². The van der Waals surface area contributed by atoms with Gasteiger partial charge < -0.3 is 19.6 Å². The number of fused-ring (bicyclic) bond motifs is 2. The number of nitrogens with zero attached hydrogens (tertiary/aromatic N) is 4. The topological polar surface area (TPSA) is 13.0 Å². The van der Waals surface area contributed by atoms with Crippen molar-refractivity contribution in [2.45, 2.75) is 39.3 Å². The lowest BCUT2D eigenvalue weighted by Gasteiger charge is -2.31. The first-order valence-electron chi connectivity index (χ1n) is 27.9. The van der Waals surface area contributed by atoms with Gasteiger partial charge >= 0.3 is 0 Å². The summed E-state index contributed by atoms with van der Waals surface area (Å²) in [5.41, 5.74) is 13.4. The largest absolute Gasteiger partial charge is 0.311 e. The van der Waals surface area contributed by atoms with E-state index in [-0.39, 0.29) is 0 Å². The van der Waals surface area contributed by atoms with Crippen LogP contribution in [0.2, 0.25) is 39.3 Å². The van der Waals surface area contributed by atoms with Crippen molar-refractivity contribution >= 4 is 138 Å². The maximum atomic E-state index is 2.46. The van der Waals surface area contributed by atoms with Crippen LogP contribution in [0.1, 0.15) is 0 Å². The fraction of sp³-hybridized carbons (Fsp3) is 0.0811. The zero-order valence-electron chi connectivity index (χ0n) is 46.3. The highest BCUT2D eigenvalue weighted by Gasteiger charge is 2.26. The van der Waals surface area contributed by atoms with Crippen molar-refractivity contribution in [3.05, 3.63) is 279 Å². The smallest absolute Gasteiger partial charge is 0.0775 e. The number of hydrogen-bond donors (Lipinski definition) is 0.